The summed E-state index contributed by atoms with van der Waals surface area (Å²) in [5, 5.41) is 0. The molecule has 0 saturated heterocycles. The fourth-order valence-corrected chi connectivity index (χ4v) is 1.93. The minimum absolute atomic E-state index is 0.214. The molecule has 0 aliphatic carbocycles. The van der Waals surface area contributed by atoms with E-state index in [1.54, 1.807) is 0 Å². The molecule has 1 rings (SSSR count). The number of aromatic nitrogens is 1. The molecule has 1 atom stereocenters. The maximum absolute atomic E-state index is 5.60. The van der Waals surface area contributed by atoms with Crippen LogP contribution in [0.25, 0.3) is 0 Å². The molecular formula is C14H23N3. The quantitative estimate of drug-likeness (QED) is 0.314. The number of pyridine rings is 1. The van der Waals surface area contributed by atoms with Gasteiger partial charge in [-0.3, -0.25) is 16.3 Å². The number of rotatable bonds is 8. The molecule has 1 aromatic heterocycles. The zero-order valence-electron chi connectivity index (χ0n) is 10.7. The van der Waals surface area contributed by atoms with Crippen LogP contribution in [0.4, 0.5) is 0 Å². The second kappa shape index (κ2) is 7.98. The van der Waals surface area contributed by atoms with E-state index >= 15 is 0 Å². The number of unbranched alkanes of at least 4 members (excludes halogenated alkanes) is 3. The van der Waals surface area contributed by atoms with E-state index in [9.17, 15) is 0 Å². The predicted octanol–water partition coefficient (Wildman–Crippen LogP) is 3.03. The molecule has 0 amide bonds. The number of nitrogens with zero attached hydrogens (tertiary/aromatic N) is 1. The molecule has 3 heteroatoms. The van der Waals surface area contributed by atoms with Gasteiger partial charge in [-0.1, -0.05) is 25.0 Å². The lowest BCUT2D eigenvalue weighted by molar-refractivity contribution is 0.482. The second-order valence-corrected chi connectivity index (χ2v) is 4.44. The van der Waals surface area contributed by atoms with Crippen molar-refractivity contribution in [2.45, 2.75) is 45.1 Å². The molecule has 0 saturated carbocycles. The third-order valence-electron chi connectivity index (χ3n) is 2.90. The van der Waals surface area contributed by atoms with E-state index in [2.05, 4.69) is 23.1 Å². The number of allylic oxidation sites excluding steroid dienone is 1. The van der Waals surface area contributed by atoms with E-state index in [1.807, 2.05) is 25.4 Å². The average Bonchev–Trinajstić information content (AvgIpc) is 2.34. The van der Waals surface area contributed by atoms with Gasteiger partial charge in [-0.2, -0.15) is 0 Å². The third kappa shape index (κ3) is 5.11. The summed E-state index contributed by atoms with van der Waals surface area (Å²) < 4.78 is 0. The summed E-state index contributed by atoms with van der Waals surface area (Å²) in [7, 11) is 0. The normalized spacial score (nSPS) is 12.4. The minimum Gasteiger partial charge on any atom is -0.271 e. The maximum atomic E-state index is 5.60. The molecule has 1 aromatic rings. The van der Waals surface area contributed by atoms with Crippen LogP contribution in [-0.2, 0) is 0 Å². The molecule has 0 fully saturated rings. The van der Waals surface area contributed by atoms with Crippen LogP contribution >= 0.6 is 0 Å². The van der Waals surface area contributed by atoms with Crippen molar-refractivity contribution in [3.8, 4) is 0 Å². The smallest absolute Gasteiger partial charge is 0.0475 e. The van der Waals surface area contributed by atoms with Crippen LogP contribution in [0.2, 0.25) is 0 Å². The first-order chi connectivity index (χ1) is 8.27. The van der Waals surface area contributed by atoms with E-state index in [0.29, 0.717) is 0 Å². The zero-order valence-corrected chi connectivity index (χ0v) is 10.7. The van der Waals surface area contributed by atoms with Crippen LogP contribution in [0.5, 0.6) is 0 Å². The largest absolute Gasteiger partial charge is 0.271 e. The number of nitrogens with two attached hydrogens (primary N) is 1. The highest BCUT2D eigenvalue weighted by molar-refractivity contribution is 5.19. The van der Waals surface area contributed by atoms with Crippen LogP contribution in [0.15, 0.2) is 31.1 Å². The SMILES string of the molecule is C=CCCCCCC(NN)c1cncc(C)c1. The van der Waals surface area contributed by atoms with Gasteiger partial charge < -0.3 is 0 Å². The van der Waals surface area contributed by atoms with Gasteiger partial charge in [0.05, 0.1) is 0 Å². The summed E-state index contributed by atoms with van der Waals surface area (Å²) in [6.45, 7) is 5.78. The van der Waals surface area contributed by atoms with Crippen molar-refractivity contribution in [2.24, 2.45) is 5.84 Å². The Morgan fingerprint density at radius 2 is 2.24 bits per heavy atom. The van der Waals surface area contributed by atoms with E-state index < -0.39 is 0 Å². The minimum atomic E-state index is 0.214. The van der Waals surface area contributed by atoms with E-state index in [1.165, 1.54) is 30.4 Å². The predicted molar refractivity (Wildman–Crippen MR) is 72.3 cm³/mol. The summed E-state index contributed by atoms with van der Waals surface area (Å²) in [5.74, 6) is 5.60. The Bertz CT molecular complexity index is 336. The first-order valence-corrected chi connectivity index (χ1v) is 6.26. The van der Waals surface area contributed by atoms with Crippen molar-refractivity contribution in [3.05, 3.63) is 42.2 Å². The lowest BCUT2D eigenvalue weighted by Crippen LogP contribution is -2.28. The topological polar surface area (TPSA) is 50.9 Å². The molecule has 17 heavy (non-hydrogen) atoms. The zero-order chi connectivity index (χ0) is 12.5. The highest BCUT2D eigenvalue weighted by Gasteiger charge is 2.09. The Balaban J connectivity index is 2.40. The number of aryl methyl sites for hydroxylation is 1. The third-order valence-corrected chi connectivity index (χ3v) is 2.90. The molecule has 3 nitrogen and oxygen atoms in total. The maximum Gasteiger partial charge on any atom is 0.0475 e. The molecular weight excluding hydrogens is 210 g/mol. The van der Waals surface area contributed by atoms with Gasteiger partial charge in [0.2, 0.25) is 0 Å². The molecule has 1 unspecified atom stereocenters. The highest BCUT2D eigenvalue weighted by Crippen LogP contribution is 2.19. The van der Waals surface area contributed by atoms with E-state index in [-0.39, 0.29) is 6.04 Å². The lowest BCUT2D eigenvalue weighted by Gasteiger charge is -2.16. The molecule has 1 heterocycles. The molecule has 0 bridgehead atoms. The van der Waals surface area contributed by atoms with Crippen molar-refractivity contribution >= 4 is 0 Å². The van der Waals surface area contributed by atoms with Gasteiger partial charge in [0.15, 0.2) is 0 Å². The number of nitrogens with one attached hydrogen (secondary N) is 1. The van der Waals surface area contributed by atoms with Gasteiger partial charge >= 0.3 is 0 Å². The molecule has 3 N–H and O–H groups in total. The van der Waals surface area contributed by atoms with Crippen molar-refractivity contribution < 1.29 is 0 Å². The Labute approximate surface area is 104 Å². The second-order valence-electron chi connectivity index (χ2n) is 4.44. The van der Waals surface area contributed by atoms with Gasteiger partial charge in [0, 0.05) is 18.4 Å². The van der Waals surface area contributed by atoms with Gasteiger partial charge in [-0.25, -0.2) is 0 Å². The van der Waals surface area contributed by atoms with E-state index in [0.717, 1.165) is 12.8 Å². The van der Waals surface area contributed by atoms with Crippen molar-refractivity contribution in [2.75, 3.05) is 0 Å². The molecule has 0 aromatic carbocycles. The summed E-state index contributed by atoms with van der Waals surface area (Å²) in [5.41, 5.74) is 5.23. The number of hydrogen-bond acceptors (Lipinski definition) is 3. The van der Waals surface area contributed by atoms with Gasteiger partial charge in [0.1, 0.15) is 0 Å². The first kappa shape index (κ1) is 13.9. The Morgan fingerprint density at radius 1 is 1.41 bits per heavy atom. The van der Waals surface area contributed by atoms with Crippen LogP contribution in [0.1, 0.15) is 49.3 Å². The van der Waals surface area contributed by atoms with Gasteiger partial charge in [-0.05, 0) is 37.3 Å². The lowest BCUT2D eigenvalue weighted by atomic mass is 10.0. The molecule has 94 valence electrons. The van der Waals surface area contributed by atoms with Crippen molar-refractivity contribution in [3.63, 3.8) is 0 Å². The fourth-order valence-electron chi connectivity index (χ4n) is 1.93. The Morgan fingerprint density at radius 3 is 2.88 bits per heavy atom. The summed E-state index contributed by atoms with van der Waals surface area (Å²) in [6, 6.07) is 2.35. The monoisotopic (exact) mass is 233 g/mol. The average molecular weight is 233 g/mol. The standard InChI is InChI=1S/C14H23N3/c1-3-4-5-6-7-8-14(17-15)13-9-12(2)10-16-11-13/h3,9-11,14,17H,1,4-8,15H2,2H3. The highest BCUT2D eigenvalue weighted by atomic mass is 15.2. The van der Waals surface area contributed by atoms with Gasteiger partial charge in [-0.15, -0.1) is 6.58 Å². The van der Waals surface area contributed by atoms with Crippen LogP contribution in [0, 0.1) is 6.92 Å². The molecule has 0 spiro atoms. The summed E-state index contributed by atoms with van der Waals surface area (Å²) in [4.78, 5) is 4.20. The van der Waals surface area contributed by atoms with Crippen LogP contribution < -0.4 is 11.3 Å². The molecule has 0 aliphatic rings. The Hall–Kier alpha value is -1.19. The Kier molecular flexibility index (Phi) is 6.51. The molecule has 0 radical (unpaired) electrons. The van der Waals surface area contributed by atoms with Gasteiger partial charge in [0.25, 0.3) is 0 Å². The number of hydrazine groups is 1. The first-order valence-electron chi connectivity index (χ1n) is 6.26. The van der Waals surface area contributed by atoms with Crippen molar-refractivity contribution in [1.82, 2.24) is 10.4 Å². The summed E-state index contributed by atoms with van der Waals surface area (Å²) >= 11 is 0. The van der Waals surface area contributed by atoms with Crippen LogP contribution in [-0.4, -0.2) is 4.98 Å². The fraction of sp³-hybridized carbons (Fsp3) is 0.500. The number of hydrogen-bond donors (Lipinski definition) is 2. The van der Waals surface area contributed by atoms with Crippen LogP contribution in [0.3, 0.4) is 0 Å². The van der Waals surface area contributed by atoms with E-state index in [4.69, 9.17) is 5.84 Å². The molecule has 0 aliphatic heterocycles. The van der Waals surface area contributed by atoms with Crippen molar-refractivity contribution in [1.29, 1.82) is 0 Å². The summed E-state index contributed by atoms with van der Waals surface area (Å²) in [6.07, 6.45) is 11.5.